The molecule has 1 heterocycles. The third-order valence-corrected chi connectivity index (χ3v) is 2.15. The molecule has 5 heteroatoms. The summed E-state index contributed by atoms with van der Waals surface area (Å²) in [4.78, 5) is 10.2. The topological polar surface area (TPSA) is 67.5 Å². The lowest BCUT2D eigenvalue weighted by Crippen LogP contribution is -2.24. The third-order valence-electron chi connectivity index (χ3n) is 1.27. The van der Waals surface area contributed by atoms with Crippen LogP contribution >= 0.6 is 11.3 Å². The molecule has 3 N–H and O–H groups in total. The molecular formula is C7H9N3OS. The van der Waals surface area contributed by atoms with Gasteiger partial charge in [0.2, 0.25) is 0 Å². The maximum Gasteiger partial charge on any atom is 0.332 e. The van der Waals surface area contributed by atoms with Gasteiger partial charge in [0.25, 0.3) is 0 Å². The predicted molar refractivity (Wildman–Crippen MR) is 49.4 cm³/mol. The van der Waals surface area contributed by atoms with E-state index in [0.717, 1.165) is 11.1 Å². The van der Waals surface area contributed by atoms with Crippen molar-refractivity contribution in [2.45, 2.75) is 6.92 Å². The number of hydrogen-bond acceptors (Lipinski definition) is 3. The number of nitrogens with two attached hydrogens (primary N) is 1. The third kappa shape index (κ3) is 2.35. The second kappa shape index (κ2) is 3.87. The van der Waals surface area contributed by atoms with E-state index in [4.69, 9.17) is 5.73 Å². The molecule has 0 bridgehead atoms. The maximum absolute atomic E-state index is 10.2. The number of hydrazone groups is 1. The average Bonchev–Trinajstić information content (AvgIpc) is 2.36. The van der Waals surface area contributed by atoms with Crippen molar-refractivity contribution in [1.82, 2.24) is 5.43 Å². The Bertz CT molecular complexity index is 305. The van der Waals surface area contributed by atoms with Gasteiger partial charge in [0.1, 0.15) is 0 Å². The minimum Gasteiger partial charge on any atom is -0.350 e. The molecule has 0 radical (unpaired) electrons. The molecule has 0 unspecified atom stereocenters. The van der Waals surface area contributed by atoms with Crippen LogP contribution in [-0.4, -0.2) is 12.2 Å². The molecule has 1 aromatic heterocycles. The summed E-state index contributed by atoms with van der Waals surface area (Å²) in [5, 5.41) is 7.58. The highest BCUT2D eigenvalue weighted by Gasteiger charge is 1.93. The van der Waals surface area contributed by atoms with Crippen molar-refractivity contribution in [3.05, 3.63) is 21.9 Å². The number of hydrogen-bond donors (Lipinski definition) is 2. The molecule has 2 amide bonds. The first-order chi connectivity index (χ1) is 5.70. The number of primary amides is 1. The number of rotatable bonds is 2. The van der Waals surface area contributed by atoms with Crippen molar-refractivity contribution in [3.8, 4) is 0 Å². The monoisotopic (exact) mass is 183 g/mol. The van der Waals surface area contributed by atoms with Gasteiger partial charge in [-0.15, -0.1) is 0 Å². The molecule has 0 aromatic carbocycles. The fourth-order valence-electron chi connectivity index (χ4n) is 0.668. The molecule has 0 atom stereocenters. The van der Waals surface area contributed by atoms with Gasteiger partial charge in [0.05, 0.1) is 6.21 Å². The van der Waals surface area contributed by atoms with E-state index >= 15 is 0 Å². The van der Waals surface area contributed by atoms with Gasteiger partial charge in [-0.2, -0.15) is 16.4 Å². The van der Waals surface area contributed by atoms with Crippen LogP contribution in [0.5, 0.6) is 0 Å². The summed E-state index contributed by atoms with van der Waals surface area (Å²) < 4.78 is 0. The van der Waals surface area contributed by atoms with Crippen molar-refractivity contribution in [3.63, 3.8) is 0 Å². The molecule has 0 spiro atoms. The van der Waals surface area contributed by atoms with E-state index in [0.29, 0.717) is 0 Å². The Hall–Kier alpha value is -1.36. The summed E-state index contributed by atoms with van der Waals surface area (Å²) in [6.45, 7) is 1.97. The lowest BCUT2D eigenvalue weighted by molar-refractivity contribution is 0.249. The first kappa shape index (κ1) is 8.73. The van der Waals surface area contributed by atoms with Crippen molar-refractivity contribution < 1.29 is 4.79 Å². The molecule has 0 aliphatic rings. The van der Waals surface area contributed by atoms with E-state index in [9.17, 15) is 4.79 Å². The zero-order valence-corrected chi connectivity index (χ0v) is 7.39. The van der Waals surface area contributed by atoms with Crippen LogP contribution < -0.4 is 11.2 Å². The first-order valence-corrected chi connectivity index (χ1v) is 4.25. The molecule has 0 aliphatic heterocycles. The minimum atomic E-state index is -0.654. The van der Waals surface area contributed by atoms with Gasteiger partial charge >= 0.3 is 6.03 Å². The van der Waals surface area contributed by atoms with Gasteiger partial charge in [-0.1, -0.05) is 0 Å². The van der Waals surface area contributed by atoms with E-state index in [2.05, 4.69) is 10.5 Å². The standard InChI is InChI=1S/C7H9N3OS/c1-5-3-12-4-6(5)2-9-10-7(8)11/h2-4H,1H3,(H3,8,10,11)/b9-2-. The Morgan fingerprint density at radius 1 is 1.75 bits per heavy atom. The predicted octanol–water partition coefficient (Wildman–Crippen LogP) is 1.06. The molecular weight excluding hydrogens is 174 g/mol. The van der Waals surface area contributed by atoms with E-state index in [-0.39, 0.29) is 0 Å². The van der Waals surface area contributed by atoms with E-state index < -0.39 is 6.03 Å². The van der Waals surface area contributed by atoms with Crippen molar-refractivity contribution >= 4 is 23.6 Å². The molecule has 4 nitrogen and oxygen atoms in total. The van der Waals surface area contributed by atoms with Crippen LogP contribution in [0, 0.1) is 6.92 Å². The Balaban J connectivity index is 2.57. The molecule has 1 rings (SSSR count). The van der Waals surface area contributed by atoms with Crippen molar-refractivity contribution in [2.75, 3.05) is 0 Å². The molecule has 0 saturated carbocycles. The largest absolute Gasteiger partial charge is 0.350 e. The summed E-state index contributed by atoms with van der Waals surface area (Å²) in [5.74, 6) is 0. The summed E-state index contributed by atoms with van der Waals surface area (Å²) >= 11 is 1.59. The van der Waals surface area contributed by atoms with E-state index in [1.807, 2.05) is 17.7 Å². The normalized spacial score (nSPS) is 10.4. The van der Waals surface area contributed by atoms with Crippen LogP contribution in [0.2, 0.25) is 0 Å². The second-order valence-corrected chi connectivity index (χ2v) is 2.99. The minimum absolute atomic E-state index is 0.654. The van der Waals surface area contributed by atoms with Crippen LogP contribution in [0.4, 0.5) is 4.79 Å². The number of nitrogens with one attached hydrogen (secondary N) is 1. The number of aryl methyl sites for hydroxylation is 1. The van der Waals surface area contributed by atoms with Gasteiger partial charge in [-0.3, -0.25) is 0 Å². The lowest BCUT2D eigenvalue weighted by atomic mass is 10.2. The zero-order valence-electron chi connectivity index (χ0n) is 6.57. The maximum atomic E-state index is 10.2. The van der Waals surface area contributed by atoms with Crippen molar-refractivity contribution in [2.24, 2.45) is 10.8 Å². The van der Waals surface area contributed by atoms with Gasteiger partial charge in [-0.05, 0) is 23.2 Å². The smallest absolute Gasteiger partial charge is 0.332 e. The number of carbonyl (C=O) groups is 1. The number of amides is 2. The second-order valence-electron chi connectivity index (χ2n) is 2.24. The highest BCUT2D eigenvalue weighted by atomic mass is 32.1. The molecule has 0 aliphatic carbocycles. The fourth-order valence-corrected chi connectivity index (χ4v) is 1.47. The Labute approximate surface area is 74.1 Å². The quantitative estimate of drug-likeness (QED) is 0.522. The van der Waals surface area contributed by atoms with Crippen LogP contribution in [0.1, 0.15) is 11.1 Å². The van der Waals surface area contributed by atoms with Gasteiger partial charge in [0.15, 0.2) is 0 Å². The van der Waals surface area contributed by atoms with Crippen LogP contribution in [0.15, 0.2) is 15.9 Å². The van der Waals surface area contributed by atoms with E-state index in [1.165, 1.54) is 0 Å². The van der Waals surface area contributed by atoms with Crippen LogP contribution in [0.3, 0.4) is 0 Å². The molecule has 64 valence electrons. The summed E-state index contributed by atoms with van der Waals surface area (Å²) in [5.41, 5.74) is 9.06. The van der Waals surface area contributed by atoms with Gasteiger partial charge in [0, 0.05) is 5.56 Å². The summed E-state index contributed by atoms with van der Waals surface area (Å²) in [6.07, 6.45) is 1.57. The summed E-state index contributed by atoms with van der Waals surface area (Å²) in [7, 11) is 0. The zero-order chi connectivity index (χ0) is 8.97. The Morgan fingerprint density at radius 2 is 2.50 bits per heavy atom. The Morgan fingerprint density at radius 3 is 3.00 bits per heavy atom. The van der Waals surface area contributed by atoms with Gasteiger partial charge < -0.3 is 5.73 Å². The molecule has 0 fully saturated rings. The van der Waals surface area contributed by atoms with E-state index in [1.54, 1.807) is 17.6 Å². The fraction of sp³-hybridized carbons (Fsp3) is 0.143. The summed E-state index contributed by atoms with van der Waals surface area (Å²) in [6, 6.07) is -0.654. The highest BCUT2D eigenvalue weighted by molar-refractivity contribution is 7.08. The SMILES string of the molecule is Cc1cscc1/C=N\NC(N)=O. The number of urea groups is 1. The highest BCUT2D eigenvalue weighted by Crippen LogP contribution is 2.10. The number of nitrogens with zero attached hydrogens (tertiary/aromatic N) is 1. The number of carbonyl (C=O) groups excluding carboxylic acids is 1. The van der Waals surface area contributed by atoms with Crippen molar-refractivity contribution in [1.29, 1.82) is 0 Å². The lowest BCUT2D eigenvalue weighted by Gasteiger charge is -1.90. The molecule has 0 saturated heterocycles. The average molecular weight is 183 g/mol. The van der Waals surface area contributed by atoms with Gasteiger partial charge in [-0.25, -0.2) is 10.2 Å². The van der Waals surface area contributed by atoms with Crippen LogP contribution in [-0.2, 0) is 0 Å². The Kier molecular flexibility index (Phi) is 2.82. The van der Waals surface area contributed by atoms with Crippen LogP contribution in [0.25, 0.3) is 0 Å². The molecule has 1 aromatic rings. The molecule has 12 heavy (non-hydrogen) atoms. The first-order valence-electron chi connectivity index (χ1n) is 3.31. The number of thiophene rings is 1.